The maximum absolute atomic E-state index is 13.9. The molecule has 13 heteroatoms. The van der Waals surface area contributed by atoms with Gasteiger partial charge in [0.15, 0.2) is 5.78 Å². The number of pyridine rings is 1. The number of hydrogen-bond acceptors (Lipinski definition) is 11. The Morgan fingerprint density at radius 2 is 1.79 bits per heavy atom. The molecule has 3 aromatic heterocycles. The van der Waals surface area contributed by atoms with Gasteiger partial charge in [-0.25, -0.2) is 9.78 Å². The second kappa shape index (κ2) is 20.0. The van der Waals surface area contributed by atoms with Crippen LogP contribution in [0.4, 0.5) is 4.79 Å². The van der Waals surface area contributed by atoms with E-state index in [0.29, 0.717) is 42.7 Å². The fourth-order valence-electron chi connectivity index (χ4n) is 7.09. The van der Waals surface area contributed by atoms with Crippen molar-refractivity contribution < 1.29 is 33.7 Å². The van der Waals surface area contributed by atoms with Crippen LogP contribution >= 0.6 is 11.3 Å². The van der Waals surface area contributed by atoms with Gasteiger partial charge in [0.1, 0.15) is 17.7 Å². The molecule has 0 aliphatic heterocycles. The van der Waals surface area contributed by atoms with E-state index < -0.39 is 29.2 Å². The molecule has 12 nitrogen and oxygen atoms in total. The molecular formula is C45H63N5O7S. The molecule has 0 fully saturated rings. The lowest BCUT2D eigenvalue weighted by molar-refractivity contribution is -0.143. The van der Waals surface area contributed by atoms with Gasteiger partial charge in [0, 0.05) is 60.3 Å². The van der Waals surface area contributed by atoms with Crippen LogP contribution < -0.4 is 10.6 Å². The van der Waals surface area contributed by atoms with Crippen LogP contribution in [0.15, 0.2) is 48.0 Å². The Labute approximate surface area is 347 Å². The average Bonchev–Trinajstić information content (AvgIpc) is 3.77. The first-order valence-corrected chi connectivity index (χ1v) is 20.9. The molecule has 316 valence electrons. The summed E-state index contributed by atoms with van der Waals surface area (Å²) < 4.78 is 18.5. The third-order valence-electron chi connectivity index (χ3n) is 10.3. The largest absolute Gasteiger partial charge is 0.468 e. The van der Waals surface area contributed by atoms with Gasteiger partial charge in [-0.3, -0.25) is 14.6 Å². The summed E-state index contributed by atoms with van der Waals surface area (Å²) in [5.74, 6) is -0.623. The van der Waals surface area contributed by atoms with Crippen molar-refractivity contribution in [3.63, 3.8) is 0 Å². The number of carbonyl (C=O) groups is 3. The Hall–Kier alpha value is -4.43. The smallest absolute Gasteiger partial charge is 0.408 e. The Balaban J connectivity index is 1.70. The van der Waals surface area contributed by atoms with E-state index in [0.717, 1.165) is 56.8 Å². The lowest BCUT2D eigenvalue weighted by Crippen LogP contribution is -2.45. The third-order valence-corrected chi connectivity index (χ3v) is 11.1. The van der Waals surface area contributed by atoms with Crippen molar-refractivity contribution in [1.29, 1.82) is 0 Å². The van der Waals surface area contributed by atoms with E-state index in [9.17, 15) is 19.5 Å². The normalized spacial score (nSPS) is 13.6. The minimum absolute atomic E-state index is 0.0175. The molecule has 0 saturated heterocycles. The number of amides is 1. The first-order valence-electron chi connectivity index (χ1n) is 20.0. The first kappa shape index (κ1) is 46.3. The van der Waals surface area contributed by atoms with E-state index in [-0.39, 0.29) is 30.9 Å². The number of alkyl carbamates (subject to hydrolysis) is 1. The van der Waals surface area contributed by atoms with Crippen molar-refractivity contribution in [2.45, 2.75) is 124 Å². The number of aromatic nitrogens is 3. The SMILES string of the molecule is C=C(CCCC[C@H](NC)C(=O)OC)C(=O)[C@H](Cc1nc(-c2ccc3c(c2)c(CC(C)(C)CO)c(-c2cc(C)cnc2[C@H](C)OC)n3CC)cs1)NC(=O)OC(C)(C)C. The number of carbonyl (C=O) groups excluding carboxylic acids is 3. The van der Waals surface area contributed by atoms with Gasteiger partial charge in [-0.1, -0.05) is 32.9 Å². The van der Waals surface area contributed by atoms with E-state index >= 15 is 0 Å². The van der Waals surface area contributed by atoms with Crippen LogP contribution in [0.2, 0.25) is 0 Å². The number of likely N-dealkylation sites (N-methyl/N-ethyl adjacent to an activating group) is 1. The molecule has 3 heterocycles. The predicted molar refractivity (Wildman–Crippen MR) is 231 cm³/mol. The molecule has 4 aromatic rings. The summed E-state index contributed by atoms with van der Waals surface area (Å²) in [6, 6.07) is 7.16. The van der Waals surface area contributed by atoms with Crippen molar-refractivity contribution in [3.05, 3.63) is 69.8 Å². The summed E-state index contributed by atoms with van der Waals surface area (Å²) >= 11 is 1.42. The maximum Gasteiger partial charge on any atom is 0.408 e. The Bertz CT molecular complexity index is 2080. The fourth-order valence-corrected chi connectivity index (χ4v) is 7.94. The van der Waals surface area contributed by atoms with Crippen LogP contribution in [0, 0.1) is 12.3 Å². The number of hydrogen-bond donors (Lipinski definition) is 3. The highest BCUT2D eigenvalue weighted by atomic mass is 32.1. The van der Waals surface area contributed by atoms with Gasteiger partial charge in [-0.15, -0.1) is 11.3 Å². The van der Waals surface area contributed by atoms with Crippen LogP contribution in [0.3, 0.4) is 0 Å². The Morgan fingerprint density at radius 1 is 1.07 bits per heavy atom. The van der Waals surface area contributed by atoms with Crippen LogP contribution in [0.1, 0.15) is 102 Å². The van der Waals surface area contributed by atoms with Crippen molar-refractivity contribution >= 4 is 40.1 Å². The molecule has 0 aliphatic carbocycles. The standard InChI is InChI=1S/C45H63N5O7S/c1-13-50-37-19-18-30(21-31(37)33(23-45(8,9)26-51)40(50)32-20-27(2)24-47-39(32)29(4)55-11)36-25-58-38(48-36)22-35(49-43(54)57-44(5,6)7)41(52)28(3)16-14-15-17-34(46-10)42(53)56-12/h18-21,24-25,29,34-35,46,51H,3,13-17,22-23,26H2,1-2,4-12H3,(H,49,54)/t29-,34-,35-/m0/s1. The lowest BCUT2D eigenvalue weighted by Gasteiger charge is -2.24. The number of thiazole rings is 1. The molecule has 3 atom stereocenters. The van der Waals surface area contributed by atoms with Gasteiger partial charge in [0.05, 0.1) is 35.3 Å². The number of methoxy groups -OCH3 is 2. The number of ether oxygens (including phenoxy) is 3. The monoisotopic (exact) mass is 817 g/mol. The van der Waals surface area contributed by atoms with Gasteiger partial charge in [0.2, 0.25) is 0 Å². The van der Waals surface area contributed by atoms with Crippen molar-refractivity contribution in [2.24, 2.45) is 5.41 Å². The van der Waals surface area contributed by atoms with Crippen molar-refractivity contribution in [1.82, 2.24) is 25.2 Å². The highest BCUT2D eigenvalue weighted by Gasteiger charge is 2.30. The van der Waals surface area contributed by atoms with E-state index in [4.69, 9.17) is 24.2 Å². The van der Waals surface area contributed by atoms with Gasteiger partial charge in [-0.05, 0) is 115 Å². The van der Waals surface area contributed by atoms with E-state index in [2.05, 4.69) is 66.8 Å². The Kier molecular flexibility index (Phi) is 16.0. The quantitative estimate of drug-likeness (QED) is 0.0451. The molecule has 0 unspecified atom stereocenters. The number of Topliss-reactive ketones (excluding diaryl/α,β-unsaturated/α-hetero) is 1. The van der Waals surface area contributed by atoms with Gasteiger partial charge in [0.25, 0.3) is 0 Å². The van der Waals surface area contributed by atoms with Crippen molar-refractivity contribution in [2.75, 3.05) is 27.9 Å². The summed E-state index contributed by atoms with van der Waals surface area (Å²) in [5, 5.41) is 19.9. The number of fused-ring (bicyclic) bond motifs is 1. The zero-order chi connectivity index (χ0) is 42.9. The molecule has 4 rings (SSSR count). The molecule has 3 N–H and O–H groups in total. The predicted octanol–water partition coefficient (Wildman–Crippen LogP) is 8.31. The van der Waals surface area contributed by atoms with Gasteiger partial charge in [-0.2, -0.15) is 0 Å². The second-order valence-corrected chi connectivity index (χ2v) is 17.7. The summed E-state index contributed by atoms with van der Waals surface area (Å²) in [7, 11) is 4.75. The van der Waals surface area contributed by atoms with Crippen LogP contribution in [-0.4, -0.2) is 83.0 Å². The second-order valence-electron chi connectivity index (χ2n) is 16.7. The van der Waals surface area contributed by atoms with Crippen LogP contribution in [0.5, 0.6) is 0 Å². The number of ketones is 1. The minimum Gasteiger partial charge on any atom is -0.468 e. The molecule has 0 radical (unpaired) electrons. The molecule has 0 spiro atoms. The molecule has 1 aromatic carbocycles. The maximum atomic E-state index is 13.9. The lowest BCUT2D eigenvalue weighted by atomic mass is 9.84. The molecule has 58 heavy (non-hydrogen) atoms. The number of rotatable bonds is 20. The van der Waals surface area contributed by atoms with E-state index in [1.165, 1.54) is 18.4 Å². The zero-order valence-electron chi connectivity index (χ0n) is 36.2. The number of aryl methyl sites for hydroxylation is 2. The van der Waals surface area contributed by atoms with Gasteiger partial charge >= 0.3 is 12.1 Å². The third kappa shape index (κ3) is 11.6. The highest BCUT2D eigenvalue weighted by Crippen LogP contribution is 2.42. The Morgan fingerprint density at radius 3 is 2.41 bits per heavy atom. The number of aliphatic hydroxyl groups is 1. The topological polar surface area (TPSA) is 154 Å². The van der Waals surface area contributed by atoms with Gasteiger partial charge < -0.3 is 34.5 Å². The molecule has 0 bridgehead atoms. The molecule has 1 amide bonds. The molecule has 0 saturated carbocycles. The number of unbranched alkanes of at least 4 members (excludes halogenated alkanes) is 1. The number of nitrogens with one attached hydrogen (secondary N) is 2. The zero-order valence-corrected chi connectivity index (χ0v) is 37.0. The number of benzene rings is 1. The van der Waals surface area contributed by atoms with E-state index in [1.807, 2.05) is 25.4 Å². The number of aliphatic hydroxyl groups excluding tert-OH is 1. The minimum atomic E-state index is -0.941. The number of esters is 1. The average molecular weight is 818 g/mol. The summed E-state index contributed by atoms with van der Waals surface area (Å²) in [4.78, 5) is 48.7. The molecule has 0 aliphatic rings. The fraction of sp³-hybridized carbons (Fsp3) is 0.533. The number of nitrogens with zero attached hydrogens (tertiary/aromatic N) is 3. The first-order chi connectivity index (χ1) is 27.4. The molecular weight excluding hydrogens is 755 g/mol. The van der Waals surface area contributed by atoms with Crippen molar-refractivity contribution in [3.8, 4) is 22.5 Å². The summed E-state index contributed by atoms with van der Waals surface area (Å²) in [6.07, 6.45) is 3.99. The van der Waals surface area contributed by atoms with Crippen LogP contribution in [-0.2, 0) is 43.2 Å². The highest BCUT2D eigenvalue weighted by molar-refractivity contribution is 7.10. The van der Waals surface area contributed by atoms with E-state index in [1.54, 1.807) is 34.9 Å². The van der Waals surface area contributed by atoms with Crippen LogP contribution in [0.25, 0.3) is 33.4 Å². The summed E-state index contributed by atoms with van der Waals surface area (Å²) in [6.45, 7) is 20.4. The summed E-state index contributed by atoms with van der Waals surface area (Å²) in [5.41, 5.74) is 7.01.